The van der Waals surface area contributed by atoms with E-state index in [1.54, 1.807) is 6.07 Å². The summed E-state index contributed by atoms with van der Waals surface area (Å²) in [5.41, 5.74) is 1.30. The SMILES string of the molecule is CCCc1ccc(OCc2nnc(NC(=O)c3cccs3)s2)cc1. The zero-order chi connectivity index (χ0) is 16.8. The number of carbonyl (C=O) groups is 1. The lowest BCUT2D eigenvalue weighted by molar-refractivity contribution is 0.103. The van der Waals surface area contributed by atoms with Crippen molar-refractivity contribution in [2.75, 3.05) is 5.32 Å². The molecule has 2 aromatic heterocycles. The molecule has 1 aromatic carbocycles. The quantitative estimate of drug-likeness (QED) is 0.680. The molecule has 1 N–H and O–H groups in total. The molecule has 0 bridgehead atoms. The molecule has 0 fully saturated rings. The average Bonchev–Trinajstić information content (AvgIpc) is 3.26. The zero-order valence-corrected chi connectivity index (χ0v) is 14.8. The Hall–Kier alpha value is -2.25. The largest absolute Gasteiger partial charge is 0.486 e. The van der Waals surface area contributed by atoms with Crippen LogP contribution in [0.3, 0.4) is 0 Å². The number of aryl methyl sites for hydroxylation is 1. The van der Waals surface area contributed by atoms with E-state index in [2.05, 4.69) is 34.6 Å². The number of ether oxygens (including phenoxy) is 1. The van der Waals surface area contributed by atoms with Gasteiger partial charge in [-0.1, -0.05) is 42.9 Å². The van der Waals surface area contributed by atoms with Gasteiger partial charge in [-0.2, -0.15) is 0 Å². The van der Waals surface area contributed by atoms with Gasteiger partial charge in [0, 0.05) is 0 Å². The number of rotatable bonds is 7. The number of anilines is 1. The summed E-state index contributed by atoms with van der Waals surface area (Å²) in [6.45, 7) is 2.49. The van der Waals surface area contributed by atoms with Crippen molar-refractivity contribution in [1.82, 2.24) is 10.2 Å². The number of carbonyl (C=O) groups excluding carboxylic acids is 1. The molecule has 0 saturated heterocycles. The van der Waals surface area contributed by atoms with Crippen LogP contribution in [0.25, 0.3) is 0 Å². The molecular formula is C17H17N3O2S2. The second-order valence-corrected chi connectivity index (χ2v) is 7.12. The number of hydrogen-bond donors (Lipinski definition) is 1. The van der Waals surface area contributed by atoms with Crippen LogP contribution in [0.15, 0.2) is 41.8 Å². The first kappa shape index (κ1) is 16.6. The fourth-order valence-electron chi connectivity index (χ4n) is 2.12. The van der Waals surface area contributed by atoms with E-state index in [1.807, 2.05) is 23.6 Å². The summed E-state index contributed by atoms with van der Waals surface area (Å²) in [5, 5.41) is 13.8. The molecule has 5 nitrogen and oxygen atoms in total. The summed E-state index contributed by atoms with van der Waals surface area (Å²) in [4.78, 5) is 12.6. The highest BCUT2D eigenvalue weighted by atomic mass is 32.1. The molecular weight excluding hydrogens is 342 g/mol. The van der Waals surface area contributed by atoms with Crippen molar-refractivity contribution in [1.29, 1.82) is 0 Å². The number of nitrogens with one attached hydrogen (secondary N) is 1. The van der Waals surface area contributed by atoms with Crippen LogP contribution in [0, 0.1) is 0 Å². The Morgan fingerprint density at radius 1 is 1.21 bits per heavy atom. The van der Waals surface area contributed by atoms with Crippen LogP contribution >= 0.6 is 22.7 Å². The van der Waals surface area contributed by atoms with Crippen LogP contribution in [-0.2, 0) is 13.0 Å². The minimum Gasteiger partial charge on any atom is -0.486 e. The van der Waals surface area contributed by atoms with Crippen LogP contribution in [0.2, 0.25) is 0 Å². The van der Waals surface area contributed by atoms with Crippen molar-refractivity contribution >= 4 is 33.7 Å². The van der Waals surface area contributed by atoms with Crippen LogP contribution in [-0.4, -0.2) is 16.1 Å². The molecule has 24 heavy (non-hydrogen) atoms. The molecule has 7 heteroatoms. The summed E-state index contributed by atoms with van der Waals surface area (Å²) < 4.78 is 5.71. The van der Waals surface area contributed by atoms with E-state index in [1.165, 1.54) is 28.2 Å². The molecule has 124 valence electrons. The molecule has 3 rings (SSSR count). The maximum Gasteiger partial charge on any atom is 0.267 e. The fourth-order valence-corrected chi connectivity index (χ4v) is 3.38. The first-order chi connectivity index (χ1) is 11.7. The van der Waals surface area contributed by atoms with Crippen molar-refractivity contribution in [3.63, 3.8) is 0 Å². The molecule has 3 aromatic rings. The molecule has 0 unspecified atom stereocenters. The van der Waals surface area contributed by atoms with Gasteiger partial charge in [-0.3, -0.25) is 10.1 Å². The Morgan fingerprint density at radius 2 is 2.04 bits per heavy atom. The predicted molar refractivity (Wildman–Crippen MR) is 97.0 cm³/mol. The smallest absolute Gasteiger partial charge is 0.267 e. The topological polar surface area (TPSA) is 64.1 Å². The molecule has 0 aliphatic rings. The zero-order valence-electron chi connectivity index (χ0n) is 13.2. The first-order valence-electron chi connectivity index (χ1n) is 7.63. The summed E-state index contributed by atoms with van der Waals surface area (Å²) in [6.07, 6.45) is 2.20. The normalized spacial score (nSPS) is 10.5. The van der Waals surface area contributed by atoms with E-state index in [9.17, 15) is 4.79 Å². The second kappa shape index (κ2) is 8.03. The van der Waals surface area contributed by atoms with Gasteiger partial charge >= 0.3 is 0 Å². The van der Waals surface area contributed by atoms with E-state index in [0.29, 0.717) is 21.6 Å². The van der Waals surface area contributed by atoms with Gasteiger partial charge in [0.25, 0.3) is 5.91 Å². The summed E-state index contributed by atoms with van der Waals surface area (Å²) in [7, 11) is 0. The number of nitrogens with zero attached hydrogens (tertiary/aromatic N) is 2. The van der Waals surface area contributed by atoms with Gasteiger partial charge in [-0.15, -0.1) is 21.5 Å². The third kappa shape index (κ3) is 4.39. The molecule has 0 aliphatic carbocycles. The maximum absolute atomic E-state index is 12.0. The molecule has 0 aliphatic heterocycles. The summed E-state index contributed by atoms with van der Waals surface area (Å²) in [6, 6.07) is 11.7. The van der Waals surface area contributed by atoms with Crippen molar-refractivity contribution < 1.29 is 9.53 Å². The van der Waals surface area contributed by atoms with E-state index < -0.39 is 0 Å². The van der Waals surface area contributed by atoms with Gasteiger partial charge in [-0.05, 0) is 35.6 Å². The van der Waals surface area contributed by atoms with Crippen LogP contribution in [0.1, 0.15) is 33.6 Å². The number of amides is 1. The van der Waals surface area contributed by atoms with E-state index in [4.69, 9.17) is 4.74 Å². The van der Waals surface area contributed by atoms with Gasteiger partial charge in [0.15, 0.2) is 5.01 Å². The first-order valence-corrected chi connectivity index (χ1v) is 9.33. The molecule has 1 amide bonds. The standard InChI is InChI=1S/C17H17N3O2S2/c1-2-4-12-6-8-13(9-7-12)22-11-15-19-20-17(24-15)18-16(21)14-5-3-10-23-14/h3,5-10H,2,4,11H2,1H3,(H,18,20,21). The Morgan fingerprint density at radius 3 is 2.75 bits per heavy atom. The molecule has 0 atom stereocenters. The van der Waals surface area contributed by atoms with Gasteiger partial charge in [-0.25, -0.2) is 0 Å². The van der Waals surface area contributed by atoms with Gasteiger partial charge in [0.1, 0.15) is 12.4 Å². The van der Waals surface area contributed by atoms with Crippen LogP contribution in [0.5, 0.6) is 5.75 Å². The Bertz CT molecular complexity index is 783. The maximum atomic E-state index is 12.0. The lowest BCUT2D eigenvalue weighted by Crippen LogP contribution is -2.09. The van der Waals surface area contributed by atoms with Crippen molar-refractivity contribution in [2.24, 2.45) is 0 Å². The lowest BCUT2D eigenvalue weighted by atomic mass is 10.1. The van der Waals surface area contributed by atoms with Gasteiger partial charge in [0.05, 0.1) is 4.88 Å². The number of benzene rings is 1. The van der Waals surface area contributed by atoms with E-state index in [0.717, 1.165) is 18.6 Å². The van der Waals surface area contributed by atoms with Crippen molar-refractivity contribution in [3.05, 3.63) is 57.2 Å². The molecule has 2 heterocycles. The summed E-state index contributed by atoms with van der Waals surface area (Å²) in [5.74, 6) is 0.634. The average molecular weight is 359 g/mol. The van der Waals surface area contributed by atoms with Gasteiger partial charge in [0.2, 0.25) is 5.13 Å². The third-order valence-corrected chi connectivity index (χ3v) is 4.94. The van der Waals surface area contributed by atoms with Crippen molar-refractivity contribution in [3.8, 4) is 5.75 Å². The minimum absolute atomic E-state index is 0.167. The highest BCUT2D eigenvalue weighted by molar-refractivity contribution is 7.15. The lowest BCUT2D eigenvalue weighted by Gasteiger charge is -2.04. The molecule has 0 radical (unpaired) electrons. The number of thiophene rings is 1. The fraction of sp³-hybridized carbons (Fsp3) is 0.235. The monoisotopic (exact) mass is 359 g/mol. The highest BCUT2D eigenvalue weighted by Gasteiger charge is 2.11. The molecule has 0 spiro atoms. The Labute approximate surface area is 148 Å². The predicted octanol–water partition coefficient (Wildman–Crippen LogP) is 4.38. The Kier molecular flexibility index (Phi) is 5.55. The highest BCUT2D eigenvalue weighted by Crippen LogP contribution is 2.20. The number of aromatic nitrogens is 2. The minimum atomic E-state index is -0.167. The van der Waals surface area contributed by atoms with Crippen LogP contribution in [0.4, 0.5) is 5.13 Å². The summed E-state index contributed by atoms with van der Waals surface area (Å²) >= 11 is 2.70. The Balaban J connectivity index is 1.53. The van der Waals surface area contributed by atoms with E-state index in [-0.39, 0.29) is 5.91 Å². The van der Waals surface area contributed by atoms with E-state index >= 15 is 0 Å². The van der Waals surface area contributed by atoms with Crippen LogP contribution < -0.4 is 10.1 Å². The van der Waals surface area contributed by atoms with Gasteiger partial charge < -0.3 is 4.74 Å². The third-order valence-electron chi connectivity index (χ3n) is 3.26. The number of hydrogen-bond acceptors (Lipinski definition) is 6. The van der Waals surface area contributed by atoms with Crippen molar-refractivity contribution in [2.45, 2.75) is 26.4 Å². The molecule has 0 saturated carbocycles. The second-order valence-electron chi connectivity index (χ2n) is 5.12.